The van der Waals surface area contributed by atoms with Crippen molar-refractivity contribution < 1.29 is 22.7 Å². The number of hydrogen-bond donors (Lipinski definition) is 1. The van der Waals surface area contributed by atoms with Gasteiger partial charge in [0.2, 0.25) is 0 Å². The highest BCUT2D eigenvalue weighted by Crippen LogP contribution is 2.33. The Balaban J connectivity index is 1.75. The fraction of sp³-hybridized carbons (Fsp3) is 0.200. The number of carbonyl (C=O) groups is 1. The van der Waals surface area contributed by atoms with Gasteiger partial charge >= 0.3 is 6.18 Å². The zero-order valence-electron chi connectivity index (χ0n) is 16.5. The summed E-state index contributed by atoms with van der Waals surface area (Å²) < 4.78 is 48.4. The maximum absolute atomic E-state index is 13.7. The van der Waals surface area contributed by atoms with Crippen LogP contribution in [0.15, 0.2) is 48.8 Å². The third-order valence-electron chi connectivity index (χ3n) is 4.59. The molecule has 0 radical (unpaired) electrons. The summed E-state index contributed by atoms with van der Waals surface area (Å²) >= 11 is 0. The highest BCUT2D eigenvalue weighted by molar-refractivity contribution is 5.99. The quantitative estimate of drug-likeness (QED) is 0.526. The Morgan fingerprint density at radius 3 is 2.55 bits per heavy atom. The number of carbonyl (C=O) groups excluding carboxylic acids is 1. The molecule has 0 spiro atoms. The molecule has 0 aliphatic carbocycles. The summed E-state index contributed by atoms with van der Waals surface area (Å²) in [6.07, 6.45) is -1.91. The number of aromatic nitrogens is 5. The number of benzene rings is 1. The monoisotopic (exact) mass is 430 g/mol. The molecule has 0 saturated carbocycles. The molecule has 0 atom stereocenters. The Morgan fingerprint density at radius 1 is 1.19 bits per heavy atom. The van der Waals surface area contributed by atoms with E-state index in [1.54, 1.807) is 48.3 Å². The number of methoxy groups -OCH3 is 1. The van der Waals surface area contributed by atoms with E-state index in [-0.39, 0.29) is 23.4 Å². The number of nitrogens with zero attached hydrogens (tertiary/aromatic N) is 5. The molecule has 1 amide bonds. The molecular weight excluding hydrogens is 413 g/mol. The summed E-state index contributed by atoms with van der Waals surface area (Å²) in [7, 11) is 3.23. The zero-order valence-corrected chi connectivity index (χ0v) is 16.5. The van der Waals surface area contributed by atoms with Gasteiger partial charge < -0.3 is 10.1 Å². The van der Waals surface area contributed by atoms with Crippen molar-refractivity contribution in [2.24, 2.45) is 7.05 Å². The van der Waals surface area contributed by atoms with E-state index >= 15 is 0 Å². The molecule has 31 heavy (non-hydrogen) atoms. The molecule has 0 aliphatic heterocycles. The second-order valence-corrected chi connectivity index (χ2v) is 6.71. The van der Waals surface area contributed by atoms with Crippen LogP contribution in [0, 0.1) is 0 Å². The summed E-state index contributed by atoms with van der Waals surface area (Å²) in [6.45, 7) is 0.112. The third-order valence-corrected chi connectivity index (χ3v) is 4.59. The van der Waals surface area contributed by atoms with Gasteiger partial charge in [-0.1, -0.05) is 0 Å². The van der Waals surface area contributed by atoms with Gasteiger partial charge in [0.05, 0.1) is 31.2 Å². The van der Waals surface area contributed by atoms with E-state index in [2.05, 4.69) is 20.5 Å². The molecule has 4 rings (SSSR count). The van der Waals surface area contributed by atoms with Crippen molar-refractivity contribution in [2.45, 2.75) is 12.7 Å². The van der Waals surface area contributed by atoms with E-state index < -0.39 is 17.8 Å². The van der Waals surface area contributed by atoms with Crippen LogP contribution >= 0.6 is 0 Å². The molecule has 3 heterocycles. The Kier molecular flexibility index (Phi) is 5.09. The van der Waals surface area contributed by atoms with E-state index in [9.17, 15) is 18.0 Å². The van der Waals surface area contributed by atoms with Gasteiger partial charge in [-0.3, -0.25) is 9.48 Å². The molecular formula is C20H17F3N6O2. The lowest BCUT2D eigenvalue weighted by Gasteiger charge is -2.12. The normalized spacial score (nSPS) is 11.6. The first-order valence-electron chi connectivity index (χ1n) is 9.13. The van der Waals surface area contributed by atoms with Gasteiger partial charge in [0.25, 0.3) is 5.91 Å². The molecule has 0 bridgehead atoms. The number of rotatable bonds is 5. The minimum atomic E-state index is -4.70. The van der Waals surface area contributed by atoms with Crippen LogP contribution in [0.4, 0.5) is 13.2 Å². The van der Waals surface area contributed by atoms with Gasteiger partial charge in [-0.25, -0.2) is 9.50 Å². The van der Waals surface area contributed by atoms with Crippen LogP contribution in [0.3, 0.4) is 0 Å². The molecule has 8 nitrogen and oxygen atoms in total. The summed E-state index contributed by atoms with van der Waals surface area (Å²) in [5.41, 5.74) is -0.199. The van der Waals surface area contributed by atoms with Gasteiger partial charge in [0, 0.05) is 18.8 Å². The van der Waals surface area contributed by atoms with Crippen molar-refractivity contribution in [3.05, 3.63) is 65.7 Å². The average Bonchev–Trinajstić information content (AvgIpc) is 3.36. The number of amides is 1. The van der Waals surface area contributed by atoms with Crippen LogP contribution in [-0.2, 0) is 19.8 Å². The predicted molar refractivity (Wildman–Crippen MR) is 104 cm³/mol. The largest absolute Gasteiger partial charge is 0.497 e. The fourth-order valence-corrected chi connectivity index (χ4v) is 3.06. The second-order valence-electron chi connectivity index (χ2n) is 6.71. The number of fused-ring (bicyclic) bond motifs is 1. The Hall–Kier alpha value is -3.89. The maximum atomic E-state index is 13.7. The average molecular weight is 430 g/mol. The Labute approximate surface area is 174 Å². The Bertz CT molecular complexity index is 1240. The molecule has 0 saturated heterocycles. The van der Waals surface area contributed by atoms with Crippen LogP contribution in [0.1, 0.15) is 21.7 Å². The first-order valence-corrected chi connectivity index (χ1v) is 9.13. The number of alkyl halides is 3. The topological polar surface area (TPSA) is 86.3 Å². The lowest BCUT2D eigenvalue weighted by atomic mass is 10.1. The molecule has 0 aliphatic rings. The van der Waals surface area contributed by atoms with Crippen LogP contribution in [0.25, 0.3) is 16.9 Å². The van der Waals surface area contributed by atoms with E-state index in [1.165, 1.54) is 7.11 Å². The number of hydrogen-bond acceptors (Lipinski definition) is 5. The van der Waals surface area contributed by atoms with Crippen molar-refractivity contribution in [1.82, 2.24) is 29.7 Å². The second kappa shape index (κ2) is 7.74. The minimum Gasteiger partial charge on any atom is -0.497 e. The van der Waals surface area contributed by atoms with Crippen LogP contribution in [0.2, 0.25) is 0 Å². The summed E-state index contributed by atoms with van der Waals surface area (Å²) in [5.74, 6) is -0.0482. The van der Waals surface area contributed by atoms with Crippen molar-refractivity contribution in [3.8, 4) is 17.0 Å². The van der Waals surface area contributed by atoms with Gasteiger partial charge in [-0.15, -0.1) is 0 Å². The first kappa shape index (κ1) is 20.4. The standard InChI is InChI=1S/C20H17F3N6O2/c1-28-8-7-13(27-28)10-24-19(30)15-11-25-29-17(20(21,22)23)9-16(26-18(15)29)12-3-5-14(31-2)6-4-12/h3-9,11H,10H2,1-2H3,(H,24,30). The smallest absolute Gasteiger partial charge is 0.433 e. The molecule has 1 N–H and O–H groups in total. The van der Waals surface area contributed by atoms with Crippen molar-refractivity contribution >= 4 is 11.6 Å². The van der Waals surface area contributed by atoms with E-state index in [0.29, 0.717) is 21.5 Å². The maximum Gasteiger partial charge on any atom is 0.433 e. The van der Waals surface area contributed by atoms with Crippen LogP contribution < -0.4 is 10.1 Å². The molecule has 160 valence electrons. The van der Waals surface area contributed by atoms with E-state index in [0.717, 1.165) is 12.3 Å². The molecule has 0 unspecified atom stereocenters. The Morgan fingerprint density at radius 2 is 1.94 bits per heavy atom. The van der Waals surface area contributed by atoms with Gasteiger partial charge in [0.1, 0.15) is 11.3 Å². The summed E-state index contributed by atoms with van der Waals surface area (Å²) in [5, 5.41) is 10.5. The molecule has 0 fully saturated rings. The lowest BCUT2D eigenvalue weighted by Crippen LogP contribution is -2.23. The minimum absolute atomic E-state index is 0.0572. The number of halogens is 3. The molecule has 3 aromatic heterocycles. The molecule has 4 aromatic rings. The first-order chi connectivity index (χ1) is 14.8. The molecule has 1 aromatic carbocycles. The van der Waals surface area contributed by atoms with Gasteiger partial charge in [0.15, 0.2) is 11.3 Å². The van der Waals surface area contributed by atoms with Gasteiger partial charge in [-0.2, -0.15) is 23.4 Å². The van der Waals surface area contributed by atoms with Crippen molar-refractivity contribution in [1.29, 1.82) is 0 Å². The number of nitrogens with one attached hydrogen (secondary N) is 1. The van der Waals surface area contributed by atoms with E-state index in [4.69, 9.17) is 4.74 Å². The summed E-state index contributed by atoms with van der Waals surface area (Å²) in [4.78, 5) is 16.9. The molecule has 11 heteroatoms. The SMILES string of the molecule is COc1ccc(-c2cc(C(F)(F)F)n3ncc(C(=O)NCc4ccn(C)n4)c3n2)cc1. The number of aryl methyl sites for hydroxylation is 1. The fourth-order valence-electron chi connectivity index (χ4n) is 3.06. The highest BCUT2D eigenvalue weighted by Gasteiger charge is 2.36. The third kappa shape index (κ3) is 4.06. The van der Waals surface area contributed by atoms with Crippen molar-refractivity contribution in [3.63, 3.8) is 0 Å². The summed E-state index contributed by atoms with van der Waals surface area (Å²) in [6, 6.07) is 9.04. The zero-order chi connectivity index (χ0) is 22.2. The van der Waals surface area contributed by atoms with Gasteiger partial charge in [-0.05, 0) is 36.4 Å². The highest BCUT2D eigenvalue weighted by atomic mass is 19.4. The predicted octanol–water partition coefficient (Wildman–Crippen LogP) is 3.09. The number of ether oxygens (including phenoxy) is 1. The lowest BCUT2D eigenvalue weighted by molar-refractivity contribution is -0.142. The van der Waals surface area contributed by atoms with Crippen molar-refractivity contribution in [2.75, 3.05) is 7.11 Å². The van der Waals surface area contributed by atoms with E-state index in [1.807, 2.05) is 0 Å². The van der Waals surface area contributed by atoms with Crippen LogP contribution in [-0.4, -0.2) is 37.4 Å². The van der Waals surface area contributed by atoms with Crippen LogP contribution in [0.5, 0.6) is 5.75 Å².